The molecule has 20 heavy (non-hydrogen) atoms. The fraction of sp³-hybridized carbons (Fsp3) is 0.333. The van der Waals surface area contributed by atoms with E-state index in [9.17, 15) is 4.79 Å². The molecule has 0 saturated heterocycles. The van der Waals surface area contributed by atoms with Crippen LogP contribution >= 0.6 is 22.6 Å². The summed E-state index contributed by atoms with van der Waals surface area (Å²) in [5.41, 5.74) is 1.22. The number of benzene rings is 1. The van der Waals surface area contributed by atoms with Gasteiger partial charge in [-0.3, -0.25) is 4.79 Å². The summed E-state index contributed by atoms with van der Waals surface area (Å²) in [7, 11) is 0. The molecular weight excluding hydrogens is 367 g/mol. The van der Waals surface area contributed by atoms with Gasteiger partial charge in [-0.25, -0.2) is 4.98 Å². The van der Waals surface area contributed by atoms with Gasteiger partial charge in [0, 0.05) is 0 Å². The number of aromatic nitrogens is 2. The van der Waals surface area contributed by atoms with Crippen LogP contribution in [0.3, 0.4) is 0 Å². The second-order valence-corrected chi connectivity index (χ2v) is 6.29. The van der Waals surface area contributed by atoms with Gasteiger partial charge in [-0.1, -0.05) is 32.9 Å². The van der Waals surface area contributed by atoms with Gasteiger partial charge in [0.15, 0.2) is 0 Å². The molecule has 0 atom stereocenters. The van der Waals surface area contributed by atoms with E-state index < -0.39 is 0 Å². The van der Waals surface area contributed by atoms with Crippen LogP contribution in [0.1, 0.15) is 32.8 Å². The van der Waals surface area contributed by atoms with Crippen molar-refractivity contribution in [2.24, 2.45) is 0 Å². The number of nitrogens with zero attached hydrogens (tertiary/aromatic N) is 1. The zero-order valence-electron chi connectivity index (χ0n) is 11.7. The lowest BCUT2D eigenvalue weighted by Crippen LogP contribution is -2.15. The molecule has 4 nitrogen and oxygen atoms in total. The van der Waals surface area contributed by atoms with Crippen LogP contribution < -0.4 is 10.3 Å². The Hall–Kier alpha value is -1.37. The van der Waals surface area contributed by atoms with Crippen LogP contribution in [0, 0.1) is 3.57 Å². The van der Waals surface area contributed by atoms with E-state index >= 15 is 0 Å². The zero-order chi connectivity index (χ0) is 14.8. The van der Waals surface area contributed by atoms with Crippen molar-refractivity contribution in [1.82, 2.24) is 9.97 Å². The fourth-order valence-electron chi connectivity index (χ4n) is 1.73. The summed E-state index contributed by atoms with van der Waals surface area (Å²) in [4.78, 5) is 18.0. The summed E-state index contributed by atoms with van der Waals surface area (Å²) < 4.78 is 6.10. The van der Waals surface area contributed by atoms with Gasteiger partial charge < -0.3 is 9.72 Å². The normalized spacial score (nSPS) is 11.4. The van der Waals surface area contributed by atoms with Gasteiger partial charge in [-0.2, -0.15) is 0 Å². The molecular formula is C15H17IN2O2. The molecule has 1 aromatic heterocycles. The van der Waals surface area contributed by atoms with Gasteiger partial charge in [0.2, 0.25) is 5.88 Å². The van der Waals surface area contributed by atoms with Gasteiger partial charge in [0.1, 0.15) is 9.32 Å². The third-order valence-electron chi connectivity index (χ3n) is 3.50. The van der Waals surface area contributed by atoms with Crippen molar-refractivity contribution in [1.29, 1.82) is 0 Å². The van der Waals surface area contributed by atoms with Crippen LogP contribution in [0.2, 0.25) is 0 Å². The minimum atomic E-state index is -0.195. The number of ether oxygens (including phenoxy) is 1. The molecule has 0 aliphatic heterocycles. The number of halogens is 1. The first-order valence-electron chi connectivity index (χ1n) is 6.45. The van der Waals surface area contributed by atoms with E-state index in [4.69, 9.17) is 4.74 Å². The minimum Gasteiger partial charge on any atom is -0.438 e. The Balaban J connectivity index is 2.23. The molecule has 1 N–H and O–H groups in total. The van der Waals surface area contributed by atoms with E-state index in [1.165, 1.54) is 11.9 Å². The van der Waals surface area contributed by atoms with Gasteiger partial charge in [0.05, 0.1) is 6.33 Å². The summed E-state index contributed by atoms with van der Waals surface area (Å²) in [6, 6.07) is 7.93. The van der Waals surface area contributed by atoms with Crippen LogP contribution in [0.5, 0.6) is 11.6 Å². The van der Waals surface area contributed by atoms with Crippen molar-refractivity contribution in [3.8, 4) is 11.6 Å². The predicted molar refractivity (Wildman–Crippen MR) is 87.4 cm³/mol. The molecule has 0 bridgehead atoms. The van der Waals surface area contributed by atoms with E-state index in [0.29, 0.717) is 15.2 Å². The molecule has 1 heterocycles. The Morgan fingerprint density at radius 2 is 1.95 bits per heavy atom. The third-order valence-corrected chi connectivity index (χ3v) is 4.45. The second kappa shape index (κ2) is 5.95. The molecule has 106 valence electrons. The molecule has 0 aliphatic carbocycles. The second-order valence-electron chi connectivity index (χ2n) is 5.21. The lowest BCUT2D eigenvalue weighted by atomic mass is 9.82. The number of aromatic amines is 1. The van der Waals surface area contributed by atoms with E-state index in [-0.39, 0.29) is 11.0 Å². The molecule has 0 unspecified atom stereocenters. The van der Waals surface area contributed by atoms with Crippen molar-refractivity contribution in [3.05, 3.63) is 50.1 Å². The Morgan fingerprint density at radius 1 is 1.30 bits per heavy atom. The monoisotopic (exact) mass is 384 g/mol. The lowest BCUT2D eigenvalue weighted by Gasteiger charge is -2.23. The predicted octanol–water partition coefficient (Wildman–Crippen LogP) is 3.85. The molecule has 0 fully saturated rings. The summed E-state index contributed by atoms with van der Waals surface area (Å²) in [5, 5.41) is 0. The first-order valence-corrected chi connectivity index (χ1v) is 7.53. The van der Waals surface area contributed by atoms with Crippen LogP contribution in [-0.2, 0) is 5.41 Å². The average molecular weight is 384 g/mol. The summed E-state index contributed by atoms with van der Waals surface area (Å²) in [5.74, 6) is 1.01. The van der Waals surface area contributed by atoms with Gasteiger partial charge in [-0.05, 0) is 52.1 Å². The number of hydrogen-bond donors (Lipinski definition) is 1. The average Bonchev–Trinajstić information content (AvgIpc) is 2.44. The van der Waals surface area contributed by atoms with Gasteiger partial charge in [0.25, 0.3) is 5.56 Å². The summed E-state index contributed by atoms with van der Waals surface area (Å²) >= 11 is 1.93. The van der Waals surface area contributed by atoms with E-state index in [0.717, 1.165) is 6.42 Å². The standard InChI is InChI=1S/C15H17IN2O2/c1-4-15(2,3)10-5-7-11(8-6-10)20-14-12(16)13(19)17-9-18-14/h5-9H,4H2,1-3H3,(H,17,18,19). The van der Waals surface area contributed by atoms with Crippen LogP contribution in [0.15, 0.2) is 35.4 Å². The maximum absolute atomic E-state index is 11.5. The number of hydrogen-bond acceptors (Lipinski definition) is 3. The first-order chi connectivity index (χ1) is 9.44. The van der Waals surface area contributed by atoms with Gasteiger partial charge >= 0.3 is 0 Å². The number of nitrogens with one attached hydrogen (secondary N) is 1. The van der Waals surface area contributed by atoms with E-state index in [2.05, 4.69) is 42.9 Å². The molecule has 2 aromatic rings. The highest BCUT2D eigenvalue weighted by atomic mass is 127. The summed E-state index contributed by atoms with van der Waals surface area (Å²) in [6.07, 6.45) is 2.41. The fourth-order valence-corrected chi connectivity index (χ4v) is 2.13. The van der Waals surface area contributed by atoms with Crippen molar-refractivity contribution in [2.75, 3.05) is 0 Å². The van der Waals surface area contributed by atoms with Crippen molar-refractivity contribution in [3.63, 3.8) is 0 Å². The maximum Gasteiger partial charge on any atom is 0.268 e. The first kappa shape index (κ1) is 15.0. The topological polar surface area (TPSA) is 55.0 Å². The largest absolute Gasteiger partial charge is 0.438 e. The highest BCUT2D eigenvalue weighted by Crippen LogP contribution is 2.29. The molecule has 0 amide bonds. The Bertz CT molecular complexity index is 648. The smallest absolute Gasteiger partial charge is 0.268 e. The third kappa shape index (κ3) is 3.20. The van der Waals surface area contributed by atoms with Crippen molar-refractivity contribution in [2.45, 2.75) is 32.6 Å². The quantitative estimate of drug-likeness (QED) is 0.815. The minimum absolute atomic E-state index is 0.148. The highest BCUT2D eigenvalue weighted by Gasteiger charge is 2.17. The van der Waals surface area contributed by atoms with E-state index in [1.54, 1.807) is 0 Å². The zero-order valence-corrected chi connectivity index (χ0v) is 13.9. The maximum atomic E-state index is 11.5. The van der Waals surface area contributed by atoms with E-state index in [1.807, 2.05) is 34.7 Å². The van der Waals surface area contributed by atoms with Gasteiger partial charge in [-0.15, -0.1) is 0 Å². The lowest BCUT2D eigenvalue weighted by molar-refractivity contribution is 0.454. The van der Waals surface area contributed by atoms with Crippen LogP contribution in [0.25, 0.3) is 0 Å². The molecule has 2 rings (SSSR count). The SMILES string of the molecule is CCC(C)(C)c1ccc(Oc2nc[nH]c(=O)c2I)cc1. The Kier molecular flexibility index (Phi) is 4.47. The van der Waals surface area contributed by atoms with Crippen LogP contribution in [0.4, 0.5) is 0 Å². The summed E-state index contributed by atoms with van der Waals surface area (Å²) in [6.45, 7) is 6.60. The molecule has 0 spiro atoms. The molecule has 5 heteroatoms. The molecule has 1 aromatic carbocycles. The number of rotatable bonds is 4. The highest BCUT2D eigenvalue weighted by molar-refractivity contribution is 14.1. The Morgan fingerprint density at radius 3 is 2.55 bits per heavy atom. The molecule has 0 radical (unpaired) electrons. The van der Waals surface area contributed by atoms with Crippen LogP contribution in [-0.4, -0.2) is 9.97 Å². The molecule has 0 aliphatic rings. The Labute approximate surface area is 131 Å². The number of H-pyrrole nitrogens is 1. The van der Waals surface area contributed by atoms with Crippen molar-refractivity contribution < 1.29 is 4.74 Å². The van der Waals surface area contributed by atoms with Crippen molar-refractivity contribution >= 4 is 22.6 Å². The molecule has 0 saturated carbocycles.